The number of rotatable bonds is 5. The number of thioether (sulfide) groups is 1. The molecule has 0 spiro atoms. The van der Waals surface area contributed by atoms with Crippen molar-refractivity contribution < 1.29 is 14.4 Å². The summed E-state index contributed by atoms with van der Waals surface area (Å²) in [5.41, 5.74) is 3.46. The minimum absolute atomic E-state index is 0.0623. The lowest BCUT2D eigenvalue weighted by molar-refractivity contribution is -0.138. The number of urea groups is 1. The molecule has 1 aromatic carbocycles. The van der Waals surface area contributed by atoms with Gasteiger partial charge in [-0.2, -0.15) is 5.01 Å². The highest BCUT2D eigenvalue weighted by Gasteiger charge is 2.49. The van der Waals surface area contributed by atoms with Gasteiger partial charge in [0.05, 0.1) is 5.75 Å². The Morgan fingerprint density at radius 2 is 1.93 bits per heavy atom. The van der Waals surface area contributed by atoms with Crippen LogP contribution in [0.2, 0.25) is 0 Å². The van der Waals surface area contributed by atoms with Crippen molar-refractivity contribution >= 4 is 35.4 Å². The fourth-order valence-corrected chi connectivity index (χ4v) is 4.07. The molecule has 4 amide bonds. The summed E-state index contributed by atoms with van der Waals surface area (Å²) < 4.78 is 1.74. The number of aromatic nitrogens is 4. The summed E-state index contributed by atoms with van der Waals surface area (Å²) in [5, 5.41) is 11.9. The van der Waals surface area contributed by atoms with Crippen LogP contribution in [-0.2, 0) is 15.1 Å². The number of hydrogen-bond acceptors (Lipinski definition) is 7. The van der Waals surface area contributed by atoms with Crippen molar-refractivity contribution in [1.29, 1.82) is 0 Å². The van der Waals surface area contributed by atoms with Gasteiger partial charge in [0, 0.05) is 11.4 Å². The molecule has 3 aromatic rings. The Kier molecular flexibility index (Phi) is 4.90. The van der Waals surface area contributed by atoms with Crippen molar-refractivity contribution in [2.45, 2.75) is 31.5 Å². The highest BCUT2D eigenvalue weighted by molar-refractivity contribution is 7.99. The van der Waals surface area contributed by atoms with Crippen LogP contribution in [-0.4, -0.2) is 48.2 Å². The van der Waals surface area contributed by atoms with Crippen LogP contribution in [0.15, 0.2) is 41.6 Å². The van der Waals surface area contributed by atoms with Gasteiger partial charge in [-0.25, -0.2) is 9.78 Å². The molecule has 0 aliphatic carbocycles. The van der Waals surface area contributed by atoms with E-state index in [2.05, 4.69) is 25.9 Å². The molecule has 1 atom stereocenters. The second-order valence-corrected chi connectivity index (χ2v) is 7.98. The maximum absolute atomic E-state index is 12.8. The third-order valence-corrected chi connectivity index (χ3v) is 5.70. The average molecular weight is 425 g/mol. The second-order valence-electron chi connectivity index (χ2n) is 7.04. The Labute approximate surface area is 176 Å². The largest absolute Gasteiger partial charge is 0.344 e. The van der Waals surface area contributed by atoms with Gasteiger partial charge in [-0.15, -0.1) is 10.2 Å². The minimum Gasteiger partial charge on any atom is -0.318 e. The van der Waals surface area contributed by atoms with E-state index in [1.165, 1.54) is 0 Å². The number of nitrogens with zero attached hydrogens (tertiary/aromatic N) is 5. The lowest BCUT2D eigenvalue weighted by Crippen LogP contribution is -2.48. The summed E-state index contributed by atoms with van der Waals surface area (Å²) in [7, 11) is 0. The van der Waals surface area contributed by atoms with Gasteiger partial charge >= 0.3 is 6.03 Å². The molecule has 0 unspecified atom stereocenters. The van der Waals surface area contributed by atoms with Crippen LogP contribution in [0.25, 0.3) is 5.78 Å². The molecule has 154 valence electrons. The Morgan fingerprint density at radius 1 is 1.20 bits per heavy atom. The second kappa shape index (κ2) is 7.41. The zero-order valence-electron chi connectivity index (χ0n) is 16.5. The van der Waals surface area contributed by atoms with E-state index in [1.54, 1.807) is 35.6 Å². The number of hydrazine groups is 1. The molecule has 30 heavy (non-hydrogen) atoms. The number of imide groups is 1. The molecule has 1 fully saturated rings. The summed E-state index contributed by atoms with van der Waals surface area (Å²) in [6, 6.07) is 10.1. The van der Waals surface area contributed by atoms with Gasteiger partial charge in [0.1, 0.15) is 5.54 Å². The number of hydrogen-bond donors (Lipinski definition) is 2. The number of amides is 4. The summed E-state index contributed by atoms with van der Waals surface area (Å²) in [4.78, 5) is 41.9. The minimum atomic E-state index is -1.25. The molecule has 0 bridgehead atoms. The van der Waals surface area contributed by atoms with E-state index in [1.807, 2.05) is 26.0 Å². The molecule has 3 heterocycles. The quantitative estimate of drug-likeness (QED) is 0.467. The number of carbonyl (C=O) groups excluding carboxylic acids is 3. The Morgan fingerprint density at radius 3 is 2.67 bits per heavy atom. The van der Waals surface area contributed by atoms with Crippen molar-refractivity contribution in [3.05, 3.63) is 53.3 Å². The molecule has 1 aliphatic heterocycles. The summed E-state index contributed by atoms with van der Waals surface area (Å²) in [5.74, 6) is -0.688. The van der Waals surface area contributed by atoms with E-state index < -0.39 is 23.4 Å². The van der Waals surface area contributed by atoms with Crippen molar-refractivity contribution in [2.75, 3.05) is 5.75 Å². The zero-order chi connectivity index (χ0) is 21.5. The first-order valence-electron chi connectivity index (χ1n) is 9.13. The summed E-state index contributed by atoms with van der Waals surface area (Å²) in [6.07, 6.45) is 0. The maximum Gasteiger partial charge on any atom is 0.344 e. The smallest absolute Gasteiger partial charge is 0.318 e. The van der Waals surface area contributed by atoms with E-state index in [0.717, 1.165) is 23.1 Å². The van der Waals surface area contributed by atoms with Crippen LogP contribution in [0.5, 0.6) is 0 Å². The monoisotopic (exact) mass is 425 g/mol. The van der Waals surface area contributed by atoms with Gasteiger partial charge < -0.3 is 5.32 Å². The number of fused-ring (bicyclic) bond motifs is 1. The molecule has 11 heteroatoms. The lowest BCUT2D eigenvalue weighted by Gasteiger charge is -2.22. The number of aryl methyl sites for hydroxylation is 2. The maximum atomic E-state index is 12.8. The molecule has 0 radical (unpaired) electrons. The van der Waals surface area contributed by atoms with Gasteiger partial charge in [-0.1, -0.05) is 42.1 Å². The Bertz CT molecular complexity index is 1160. The Hall–Kier alpha value is -3.47. The normalized spacial score (nSPS) is 18.7. The predicted octanol–water partition coefficient (Wildman–Crippen LogP) is 1.33. The van der Waals surface area contributed by atoms with Crippen molar-refractivity contribution in [3.63, 3.8) is 0 Å². The third-order valence-electron chi connectivity index (χ3n) is 4.77. The van der Waals surface area contributed by atoms with Crippen LogP contribution < -0.4 is 10.7 Å². The van der Waals surface area contributed by atoms with E-state index in [-0.39, 0.29) is 5.75 Å². The molecular weight excluding hydrogens is 406 g/mol. The van der Waals surface area contributed by atoms with Crippen molar-refractivity contribution in [2.24, 2.45) is 0 Å². The highest BCUT2D eigenvalue weighted by Crippen LogP contribution is 2.27. The standard InChI is InChI=1S/C19H19N7O3S/c1-11-9-12(2)25-16(20-11)22-23-18(25)30-10-14(27)24-26-15(28)19(3,21-17(26)29)13-7-5-4-6-8-13/h4-9H,10H2,1-3H3,(H,21,29)(H,24,27)/t19-/m0/s1. The van der Waals surface area contributed by atoms with E-state index in [4.69, 9.17) is 0 Å². The first-order chi connectivity index (χ1) is 14.3. The van der Waals surface area contributed by atoms with Crippen LogP contribution in [0.4, 0.5) is 4.79 Å². The van der Waals surface area contributed by atoms with Crippen molar-refractivity contribution in [3.8, 4) is 0 Å². The molecular formula is C19H19N7O3S. The molecule has 0 saturated carbocycles. The van der Waals surface area contributed by atoms with Gasteiger partial charge in [-0.3, -0.25) is 19.4 Å². The van der Waals surface area contributed by atoms with Gasteiger partial charge in [0.2, 0.25) is 5.91 Å². The number of nitrogens with one attached hydrogen (secondary N) is 2. The van der Waals surface area contributed by atoms with Gasteiger partial charge in [0.15, 0.2) is 5.16 Å². The van der Waals surface area contributed by atoms with Crippen LogP contribution >= 0.6 is 11.8 Å². The SMILES string of the molecule is Cc1cc(C)n2c(SCC(=O)NN3C(=O)N[C@@](C)(c4ccccc4)C3=O)nnc2n1. The molecule has 2 aromatic heterocycles. The number of carbonyl (C=O) groups is 3. The number of benzene rings is 1. The third kappa shape index (κ3) is 3.36. The summed E-state index contributed by atoms with van der Waals surface area (Å²) >= 11 is 1.13. The zero-order valence-corrected chi connectivity index (χ0v) is 17.4. The topological polar surface area (TPSA) is 122 Å². The Balaban J connectivity index is 1.45. The van der Waals surface area contributed by atoms with Crippen LogP contribution in [0.3, 0.4) is 0 Å². The fourth-order valence-electron chi connectivity index (χ4n) is 3.29. The first kappa shape index (κ1) is 19.8. The average Bonchev–Trinajstić information content (AvgIpc) is 3.22. The highest BCUT2D eigenvalue weighted by atomic mass is 32.2. The summed E-state index contributed by atoms with van der Waals surface area (Å²) in [6.45, 7) is 5.36. The van der Waals surface area contributed by atoms with E-state index >= 15 is 0 Å². The molecule has 2 N–H and O–H groups in total. The van der Waals surface area contributed by atoms with Gasteiger partial charge in [-0.05, 0) is 32.4 Å². The molecule has 4 rings (SSSR count). The lowest BCUT2D eigenvalue weighted by atomic mass is 9.92. The van der Waals surface area contributed by atoms with Crippen LogP contribution in [0.1, 0.15) is 23.9 Å². The molecule has 1 aliphatic rings. The van der Waals surface area contributed by atoms with E-state index in [9.17, 15) is 14.4 Å². The van der Waals surface area contributed by atoms with Crippen LogP contribution in [0, 0.1) is 13.8 Å². The van der Waals surface area contributed by atoms with E-state index in [0.29, 0.717) is 21.5 Å². The van der Waals surface area contributed by atoms with Gasteiger partial charge in [0.25, 0.3) is 11.7 Å². The predicted molar refractivity (Wildman–Crippen MR) is 108 cm³/mol. The fraction of sp³-hybridized carbons (Fsp3) is 0.263. The molecule has 10 nitrogen and oxygen atoms in total. The first-order valence-corrected chi connectivity index (χ1v) is 10.1. The van der Waals surface area contributed by atoms with Crippen molar-refractivity contribution in [1.82, 2.24) is 35.3 Å². The molecule has 1 saturated heterocycles.